The number of benzene rings is 1. The van der Waals surface area contributed by atoms with Gasteiger partial charge in [0.05, 0.1) is 12.3 Å². The lowest BCUT2D eigenvalue weighted by Crippen LogP contribution is -2.50. The molecule has 0 aromatic heterocycles. The van der Waals surface area contributed by atoms with E-state index in [-0.39, 0.29) is 42.8 Å². The first-order chi connectivity index (χ1) is 16.7. The Kier molecular flexibility index (Phi) is 9.16. The van der Waals surface area contributed by atoms with E-state index in [9.17, 15) is 22.8 Å². The molecule has 3 unspecified atom stereocenters. The van der Waals surface area contributed by atoms with Crippen molar-refractivity contribution in [2.75, 3.05) is 19.6 Å². The van der Waals surface area contributed by atoms with Crippen LogP contribution in [0, 0.1) is 17.2 Å². The summed E-state index contributed by atoms with van der Waals surface area (Å²) in [5.41, 5.74) is 6.18. The molecular formula is C24H33N5O5S. The van der Waals surface area contributed by atoms with Crippen LogP contribution in [-0.2, 0) is 30.2 Å². The summed E-state index contributed by atoms with van der Waals surface area (Å²) in [5, 5.41) is 7.60. The summed E-state index contributed by atoms with van der Waals surface area (Å²) in [5.74, 6) is -1.32. The molecular weight excluding hydrogens is 470 g/mol. The van der Waals surface area contributed by atoms with Crippen molar-refractivity contribution in [1.82, 2.24) is 14.5 Å². The predicted octanol–water partition coefficient (Wildman–Crippen LogP) is 0.990. The molecule has 4 N–H and O–H groups in total. The van der Waals surface area contributed by atoms with Crippen LogP contribution in [-0.4, -0.2) is 67.8 Å². The third-order valence-electron chi connectivity index (χ3n) is 6.28. The van der Waals surface area contributed by atoms with E-state index in [2.05, 4.69) is 4.72 Å². The monoisotopic (exact) mass is 503 g/mol. The number of amides is 1. The normalized spacial score (nSPS) is 21.5. The lowest BCUT2D eigenvalue weighted by atomic mass is 9.86. The van der Waals surface area contributed by atoms with Gasteiger partial charge in [-0.3, -0.25) is 15.0 Å². The fourth-order valence-electron chi connectivity index (χ4n) is 4.62. The summed E-state index contributed by atoms with van der Waals surface area (Å²) in [6.07, 6.45) is 6.41. The van der Waals surface area contributed by atoms with Gasteiger partial charge in [-0.1, -0.05) is 36.4 Å². The molecule has 0 radical (unpaired) electrons. The zero-order valence-corrected chi connectivity index (χ0v) is 20.5. The molecule has 0 aliphatic carbocycles. The van der Waals surface area contributed by atoms with Gasteiger partial charge >= 0.3 is 0 Å². The van der Waals surface area contributed by atoms with Crippen molar-refractivity contribution < 1.29 is 22.8 Å². The van der Waals surface area contributed by atoms with Gasteiger partial charge in [0, 0.05) is 31.6 Å². The first-order valence-electron chi connectivity index (χ1n) is 11.7. The maximum absolute atomic E-state index is 12.9. The number of nitrogens with one attached hydrogen (secondary N) is 2. The molecule has 2 aliphatic heterocycles. The highest BCUT2D eigenvalue weighted by molar-refractivity contribution is 7.88. The molecule has 1 aromatic rings. The van der Waals surface area contributed by atoms with Gasteiger partial charge in [0.25, 0.3) is 0 Å². The van der Waals surface area contributed by atoms with Crippen LogP contribution in [0.15, 0.2) is 42.6 Å². The van der Waals surface area contributed by atoms with E-state index in [1.54, 1.807) is 41.3 Å². The van der Waals surface area contributed by atoms with Crippen LogP contribution < -0.4 is 10.5 Å². The van der Waals surface area contributed by atoms with Gasteiger partial charge in [0.2, 0.25) is 15.9 Å². The number of nitrogens with two attached hydrogens (primary N) is 1. The molecule has 10 nitrogen and oxygen atoms in total. The Balaban J connectivity index is 1.52. The van der Waals surface area contributed by atoms with Crippen LogP contribution in [0.2, 0.25) is 0 Å². The molecule has 1 fully saturated rings. The van der Waals surface area contributed by atoms with Crippen molar-refractivity contribution in [2.45, 2.75) is 43.9 Å². The molecule has 190 valence electrons. The Hall–Kier alpha value is -3.05. The summed E-state index contributed by atoms with van der Waals surface area (Å²) in [6.45, 7) is 1.09. The standard InChI is InChI=1S/C24H33N5O5S/c25-24(26)29-11-4-8-19(14-29)12-20(16-30)13-21(31)15-28-10-5-9-22(23(28)32)27-35(33,34)17-18-6-2-1-3-7-18/h1-3,5-7,10,16,19-20,22,27H,4,8-9,11-15,17H2,(H3,25,26). The minimum absolute atomic E-state index is 0.00208. The molecule has 0 saturated carbocycles. The van der Waals surface area contributed by atoms with Crippen LogP contribution in [0.3, 0.4) is 0 Å². The minimum Gasteiger partial charge on any atom is -0.370 e. The van der Waals surface area contributed by atoms with Crippen molar-refractivity contribution >= 4 is 34.0 Å². The van der Waals surface area contributed by atoms with Crippen molar-refractivity contribution in [2.24, 2.45) is 17.6 Å². The van der Waals surface area contributed by atoms with Gasteiger partial charge in [-0.05, 0) is 37.2 Å². The van der Waals surface area contributed by atoms with E-state index >= 15 is 0 Å². The van der Waals surface area contributed by atoms with E-state index in [4.69, 9.17) is 11.1 Å². The van der Waals surface area contributed by atoms with Gasteiger partial charge in [-0.15, -0.1) is 0 Å². The second-order valence-electron chi connectivity index (χ2n) is 9.22. The minimum atomic E-state index is -3.76. The van der Waals surface area contributed by atoms with Crippen LogP contribution in [0.25, 0.3) is 0 Å². The number of piperidine rings is 1. The third kappa shape index (κ3) is 8.00. The van der Waals surface area contributed by atoms with Crippen molar-refractivity contribution in [3.05, 3.63) is 48.2 Å². The predicted molar refractivity (Wildman–Crippen MR) is 131 cm³/mol. The summed E-state index contributed by atoms with van der Waals surface area (Å²) < 4.78 is 27.5. The van der Waals surface area contributed by atoms with E-state index in [0.717, 1.165) is 25.7 Å². The van der Waals surface area contributed by atoms with Gasteiger partial charge < -0.3 is 20.3 Å². The number of aldehydes is 1. The molecule has 35 heavy (non-hydrogen) atoms. The Bertz CT molecular complexity index is 1060. The number of Topliss-reactive ketones (excluding diaryl/α,β-unsaturated/α-hetero) is 1. The first-order valence-corrected chi connectivity index (χ1v) is 13.4. The SMILES string of the molecule is N=C(N)N1CCCC(CC(C=O)CC(=O)CN2C=CCC(NS(=O)(=O)Cc3ccccc3)C2=O)C1. The Morgan fingerprint density at radius 1 is 1.29 bits per heavy atom. The number of likely N-dealkylation sites (tertiary alicyclic amines) is 1. The maximum atomic E-state index is 12.9. The molecule has 1 amide bonds. The fourth-order valence-corrected chi connectivity index (χ4v) is 5.96. The lowest BCUT2D eigenvalue weighted by molar-refractivity contribution is -0.135. The largest absolute Gasteiger partial charge is 0.370 e. The lowest BCUT2D eigenvalue weighted by Gasteiger charge is -2.34. The average Bonchev–Trinajstić information content (AvgIpc) is 2.81. The van der Waals surface area contributed by atoms with Gasteiger partial charge in [-0.2, -0.15) is 0 Å². The molecule has 11 heteroatoms. The average molecular weight is 504 g/mol. The van der Waals surface area contributed by atoms with Crippen LogP contribution >= 0.6 is 0 Å². The molecule has 0 spiro atoms. The second-order valence-corrected chi connectivity index (χ2v) is 11.0. The van der Waals surface area contributed by atoms with Crippen molar-refractivity contribution in [3.63, 3.8) is 0 Å². The molecule has 1 saturated heterocycles. The molecule has 3 rings (SSSR count). The summed E-state index contributed by atoms with van der Waals surface area (Å²) in [4.78, 5) is 40.2. The third-order valence-corrected chi connectivity index (χ3v) is 7.64. The Morgan fingerprint density at radius 2 is 2.03 bits per heavy atom. The van der Waals surface area contributed by atoms with Gasteiger partial charge in [0.1, 0.15) is 12.3 Å². The molecule has 2 aliphatic rings. The van der Waals surface area contributed by atoms with Crippen molar-refractivity contribution in [1.29, 1.82) is 5.41 Å². The number of carbonyl (C=O) groups excluding carboxylic acids is 3. The smallest absolute Gasteiger partial charge is 0.245 e. The second kappa shape index (κ2) is 12.1. The Labute approximate surface area is 206 Å². The number of nitrogens with zero attached hydrogens (tertiary/aromatic N) is 2. The highest BCUT2D eigenvalue weighted by atomic mass is 32.2. The highest BCUT2D eigenvalue weighted by Gasteiger charge is 2.31. The van der Waals surface area contributed by atoms with Crippen LogP contribution in [0.1, 0.15) is 37.7 Å². The zero-order chi connectivity index (χ0) is 25.4. The molecule has 3 atom stereocenters. The van der Waals surface area contributed by atoms with Crippen LogP contribution in [0.5, 0.6) is 0 Å². The number of ketones is 1. The number of carbonyl (C=O) groups is 3. The maximum Gasteiger partial charge on any atom is 0.245 e. The van der Waals surface area contributed by atoms with E-state index in [0.29, 0.717) is 18.5 Å². The number of rotatable bonds is 11. The topological polar surface area (TPSA) is 154 Å². The Morgan fingerprint density at radius 3 is 2.71 bits per heavy atom. The molecule has 0 bridgehead atoms. The molecule has 1 aromatic carbocycles. The zero-order valence-electron chi connectivity index (χ0n) is 19.6. The van der Waals surface area contributed by atoms with Crippen molar-refractivity contribution in [3.8, 4) is 0 Å². The quantitative estimate of drug-likeness (QED) is 0.231. The summed E-state index contributed by atoms with van der Waals surface area (Å²) in [6, 6.07) is 7.68. The van der Waals surface area contributed by atoms with Gasteiger partial charge in [0.15, 0.2) is 11.7 Å². The highest BCUT2D eigenvalue weighted by Crippen LogP contribution is 2.24. The molecule has 2 heterocycles. The first kappa shape index (κ1) is 26.6. The summed E-state index contributed by atoms with van der Waals surface area (Å²) in [7, 11) is -3.76. The number of hydrogen-bond acceptors (Lipinski definition) is 6. The summed E-state index contributed by atoms with van der Waals surface area (Å²) >= 11 is 0. The van der Waals surface area contributed by atoms with Crippen LogP contribution in [0.4, 0.5) is 0 Å². The number of guanidine groups is 1. The number of sulfonamides is 1. The van der Waals surface area contributed by atoms with Gasteiger partial charge in [-0.25, -0.2) is 13.1 Å². The number of hydrogen-bond donors (Lipinski definition) is 3. The van der Waals surface area contributed by atoms with E-state index in [1.165, 1.54) is 11.1 Å². The van der Waals surface area contributed by atoms with E-state index in [1.807, 2.05) is 0 Å². The van der Waals surface area contributed by atoms with E-state index < -0.39 is 27.9 Å². The fraction of sp³-hybridized carbons (Fsp3) is 0.500.